The molecule has 0 aromatic carbocycles. The lowest BCUT2D eigenvalue weighted by molar-refractivity contribution is 0.143. The lowest BCUT2D eigenvalue weighted by atomic mass is 9.98. The van der Waals surface area contributed by atoms with E-state index in [9.17, 15) is 5.11 Å². The van der Waals surface area contributed by atoms with Crippen LogP contribution in [0.2, 0.25) is 0 Å². The average molecular weight is 172 g/mol. The molecule has 0 rings (SSSR count). The maximum Gasteiger partial charge on any atom is 0.0540 e. The van der Waals surface area contributed by atoms with Crippen molar-refractivity contribution in [3.63, 3.8) is 0 Å². The quantitative estimate of drug-likeness (QED) is 0.624. The van der Waals surface area contributed by atoms with Crippen LogP contribution in [0, 0.1) is 5.92 Å². The molecule has 0 amide bonds. The lowest BCUT2D eigenvalue weighted by Gasteiger charge is -2.12. The van der Waals surface area contributed by atoms with Crippen LogP contribution in [0.25, 0.3) is 0 Å². The van der Waals surface area contributed by atoms with Gasteiger partial charge in [0.1, 0.15) is 0 Å². The van der Waals surface area contributed by atoms with Crippen molar-refractivity contribution in [2.24, 2.45) is 5.92 Å². The number of hydrogen-bond acceptors (Lipinski definition) is 1. The minimum atomic E-state index is -0.0426. The molecular formula is C11H24O. The van der Waals surface area contributed by atoms with E-state index in [2.05, 4.69) is 20.8 Å². The Morgan fingerprint density at radius 2 is 1.75 bits per heavy atom. The van der Waals surface area contributed by atoms with Crippen LogP contribution < -0.4 is 0 Å². The van der Waals surface area contributed by atoms with Crippen molar-refractivity contribution in [3.8, 4) is 0 Å². The summed E-state index contributed by atoms with van der Waals surface area (Å²) in [4.78, 5) is 0. The van der Waals surface area contributed by atoms with Crippen molar-refractivity contribution in [3.05, 3.63) is 0 Å². The van der Waals surface area contributed by atoms with E-state index >= 15 is 0 Å². The minimum Gasteiger partial charge on any atom is -0.393 e. The summed E-state index contributed by atoms with van der Waals surface area (Å²) in [5, 5.41) is 9.52. The molecule has 0 aliphatic carbocycles. The van der Waals surface area contributed by atoms with E-state index in [0.717, 1.165) is 18.8 Å². The fourth-order valence-corrected chi connectivity index (χ4v) is 1.27. The predicted octanol–water partition coefficient (Wildman–Crippen LogP) is 3.36. The van der Waals surface area contributed by atoms with Crippen molar-refractivity contribution in [2.45, 2.75) is 65.4 Å². The van der Waals surface area contributed by atoms with E-state index in [1.54, 1.807) is 0 Å². The van der Waals surface area contributed by atoms with Crippen LogP contribution in [0.1, 0.15) is 59.3 Å². The van der Waals surface area contributed by atoms with Gasteiger partial charge in [0.2, 0.25) is 0 Å². The van der Waals surface area contributed by atoms with Gasteiger partial charge in [0.25, 0.3) is 0 Å². The van der Waals surface area contributed by atoms with Crippen LogP contribution in [-0.2, 0) is 0 Å². The summed E-state index contributed by atoms with van der Waals surface area (Å²) in [6, 6.07) is 0. The third kappa shape index (κ3) is 6.66. The zero-order valence-corrected chi connectivity index (χ0v) is 8.84. The molecule has 0 bridgehead atoms. The molecule has 0 saturated carbocycles. The predicted molar refractivity (Wildman–Crippen MR) is 54.2 cm³/mol. The summed E-state index contributed by atoms with van der Waals surface area (Å²) in [5.41, 5.74) is 0. The molecule has 12 heavy (non-hydrogen) atoms. The third-order valence-corrected chi connectivity index (χ3v) is 2.58. The van der Waals surface area contributed by atoms with E-state index in [1.165, 1.54) is 25.7 Å². The number of aliphatic hydroxyl groups is 1. The number of unbranched alkanes of at least 4 members (excludes halogenated alkanes) is 1. The van der Waals surface area contributed by atoms with Gasteiger partial charge in [-0.15, -0.1) is 0 Å². The first-order valence-electron chi connectivity index (χ1n) is 5.38. The molecule has 2 atom stereocenters. The van der Waals surface area contributed by atoms with E-state index in [4.69, 9.17) is 0 Å². The van der Waals surface area contributed by atoms with E-state index in [0.29, 0.717) is 0 Å². The molecule has 1 heteroatoms. The van der Waals surface area contributed by atoms with Gasteiger partial charge >= 0.3 is 0 Å². The van der Waals surface area contributed by atoms with Crippen LogP contribution in [-0.4, -0.2) is 11.2 Å². The smallest absolute Gasteiger partial charge is 0.0540 e. The monoisotopic (exact) mass is 172 g/mol. The van der Waals surface area contributed by atoms with Gasteiger partial charge in [0, 0.05) is 0 Å². The first kappa shape index (κ1) is 12.0. The summed E-state index contributed by atoms with van der Waals surface area (Å²) in [7, 11) is 0. The van der Waals surface area contributed by atoms with Crippen LogP contribution >= 0.6 is 0 Å². The average Bonchev–Trinajstić information content (AvgIpc) is 2.10. The Kier molecular flexibility index (Phi) is 7.58. The van der Waals surface area contributed by atoms with E-state index in [1.807, 2.05) is 0 Å². The first-order chi connectivity index (χ1) is 5.70. The molecule has 0 radical (unpaired) electrons. The van der Waals surface area contributed by atoms with Crippen LogP contribution in [0.5, 0.6) is 0 Å². The van der Waals surface area contributed by atoms with Crippen LogP contribution in [0.4, 0.5) is 0 Å². The van der Waals surface area contributed by atoms with Gasteiger partial charge in [0.05, 0.1) is 6.10 Å². The molecule has 0 spiro atoms. The Hall–Kier alpha value is -0.0400. The second-order valence-corrected chi connectivity index (χ2v) is 3.89. The fourth-order valence-electron chi connectivity index (χ4n) is 1.27. The molecule has 0 fully saturated rings. The zero-order valence-electron chi connectivity index (χ0n) is 8.84. The van der Waals surface area contributed by atoms with Crippen molar-refractivity contribution in [1.82, 2.24) is 0 Å². The van der Waals surface area contributed by atoms with Gasteiger partial charge in [-0.05, 0) is 25.2 Å². The van der Waals surface area contributed by atoms with E-state index < -0.39 is 0 Å². The maximum atomic E-state index is 9.52. The number of rotatable bonds is 7. The molecule has 1 nitrogen and oxygen atoms in total. The summed E-state index contributed by atoms with van der Waals surface area (Å²) in [6.07, 6.45) is 6.73. The zero-order chi connectivity index (χ0) is 9.40. The second-order valence-electron chi connectivity index (χ2n) is 3.89. The van der Waals surface area contributed by atoms with Crippen LogP contribution in [0.15, 0.2) is 0 Å². The van der Waals surface area contributed by atoms with Gasteiger partial charge in [-0.1, -0.05) is 40.0 Å². The lowest BCUT2D eigenvalue weighted by Crippen LogP contribution is -2.08. The van der Waals surface area contributed by atoms with E-state index in [-0.39, 0.29) is 6.10 Å². The van der Waals surface area contributed by atoms with Crippen LogP contribution in [0.3, 0.4) is 0 Å². The van der Waals surface area contributed by atoms with Gasteiger partial charge in [0.15, 0.2) is 0 Å². The molecule has 1 N–H and O–H groups in total. The molecule has 0 saturated heterocycles. The van der Waals surface area contributed by atoms with Crippen molar-refractivity contribution in [2.75, 3.05) is 0 Å². The first-order valence-corrected chi connectivity index (χ1v) is 5.38. The normalized spacial score (nSPS) is 16.0. The third-order valence-electron chi connectivity index (χ3n) is 2.58. The molecule has 0 aliphatic heterocycles. The topological polar surface area (TPSA) is 20.2 Å². The molecule has 0 aromatic heterocycles. The van der Waals surface area contributed by atoms with Gasteiger partial charge in [-0.2, -0.15) is 0 Å². The highest BCUT2D eigenvalue weighted by molar-refractivity contribution is 4.58. The highest BCUT2D eigenvalue weighted by atomic mass is 16.3. The van der Waals surface area contributed by atoms with Crippen molar-refractivity contribution >= 4 is 0 Å². The summed E-state index contributed by atoms with van der Waals surface area (Å²) in [6.45, 7) is 6.64. The highest BCUT2D eigenvalue weighted by Gasteiger charge is 2.05. The molecule has 0 aliphatic rings. The standard InChI is InChI=1S/C11H24O/c1-4-6-7-11(12)9-8-10(3)5-2/h10-12H,4-9H2,1-3H3. The Bertz CT molecular complexity index is 91.0. The number of aliphatic hydroxyl groups excluding tert-OH is 1. The largest absolute Gasteiger partial charge is 0.393 e. The number of hydrogen-bond donors (Lipinski definition) is 1. The summed E-state index contributed by atoms with van der Waals surface area (Å²) < 4.78 is 0. The molecule has 0 aromatic rings. The summed E-state index contributed by atoms with van der Waals surface area (Å²) >= 11 is 0. The molecule has 2 unspecified atom stereocenters. The Labute approximate surface area is 77.2 Å². The molecule has 0 heterocycles. The van der Waals surface area contributed by atoms with Gasteiger partial charge < -0.3 is 5.11 Å². The second kappa shape index (κ2) is 7.60. The van der Waals surface area contributed by atoms with Gasteiger partial charge in [-0.25, -0.2) is 0 Å². The SMILES string of the molecule is CCCCC(O)CCC(C)CC. The maximum absolute atomic E-state index is 9.52. The fraction of sp³-hybridized carbons (Fsp3) is 1.00. The Morgan fingerprint density at radius 3 is 2.25 bits per heavy atom. The minimum absolute atomic E-state index is 0.0426. The van der Waals surface area contributed by atoms with Crippen molar-refractivity contribution in [1.29, 1.82) is 0 Å². The molecule has 74 valence electrons. The van der Waals surface area contributed by atoms with Gasteiger partial charge in [-0.3, -0.25) is 0 Å². The Balaban J connectivity index is 3.24. The molecular weight excluding hydrogens is 148 g/mol. The Morgan fingerprint density at radius 1 is 1.08 bits per heavy atom. The highest BCUT2D eigenvalue weighted by Crippen LogP contribution is 2.14. The summed E-state index contributed by atoms with van der Waals surface area (Å²) in [5.74, 6) is 0.779. The van der Waals surface area contributed by atoms with Crippen molar-refractivity contribution < 1.29 is 5.11 Å².